The molecule has 2 heterocycles. The molecular weight excluding hydrogens is 326 g/mol. The van der Waals surface area contributed by atoms with Gasteiger partial charge in [0.15, 0.2) is 5.69 Å². The third kappa shape index (κ3) is 3.71. The maximum absolute atomic E-state index is 12.5. The summed E-state index contributed by atoms with van der Waals surface area (Å²) in [5.41, 5.74) is 4.37. The number of amides is 1. The number of nitrogens with one attached hydrogen (secondary N) is 3. The molecule has 1 aromatic heterocycles. The number of hydrogen-bond donors (Lipinski definition) is 3. The minimum Gasteiger partial charge on any atom is -0.372 e. The average Bonchev–Trinajstić information content (AvgIpc) is 2.98. The lowest BCUT2D eigenvalue weighted by molar-refractivity contribution is 0.102. The van der Waals surface area contributed by atoms with E-state index in [-0.39, 0.29) is 18.3 Å². The van der Waals surface area contributed by atoms with Gasteiger partial charge in [0.2, 0.25) is 0 Å². The Labute approximate surface area is 148 Å². The van der Waals surface area contributed by atoms with Crippen molar-refractivity contribution in [3.05, 3.63) is 41.2 Å². The second-order valence-electron chi connectivity index (χ2n) is 6.17. The molecule has 0 bridgehead atoms. The number of anilines is 2. The quantitative estimate of drug-likeness (QED) is 0.793. The first-order valence-electron chi connectivity index (χ1n) is 7.97. The van der Waals surface area contributed by atoms with E-state index in [0.717, 1.165) is 35.6 Å². The number of H-pyrrole nitrogens is 1. The van der Waals surface area contributed by atoms with Crippen molar-refractivity contribution in [2.45, 2.75) is 32.9 Å². The summed E-state index contributed by atoms with van der Waals surface area (Å²) >= 11 is 0. The first-order valence-corrected chi connectivity index (χ1v) is 7.97. The van der Waals surface area contributed by atoms with Crippen LogP contribution in [-0.4, -0.2) is 35.7 Å². The number of nitrogens with zero attached hydrogens (tertiary/aromatic N) is 2. The van der Waals surface area contributed by atoms with Gasteiger partial charge in [-0.15, -0.1) is 12.4 Å². The normalized spacial score (nSPS) is 13.2. The highest BCUT2D eigenvalue weighted by Crippen LogP contribution is 2.22. The summed E-state index contributed by atoms with van der Waals surface area (Å²) < 4.78 is 0. The minimum absolute atomic E-state index is 0. The van der Waals surface area contributed by atoms with Crippen molar-refractivity contribution in [3.63, 3.8) is 0 Å². The summed E-state index contributed by atoms with van der Waals surface area (Å²) in [4.78, 5) is 14.7. The van der Waals surface area contributed by atoms with Gasteiger partial charge in [0.25, 0.3) is 5.91 Å². The highest BCUT2D eigenvalue weighted by molar-refractivity contribution is 6.04. The lowest BCUT2D eigenvalue weighted by Gasteiger charge is -2.24. The van der Waals surface area contributed by atoms with Crippen molar-refractivity contribution in [3.8, 4) is 0 Å². The molecule has 1 aromatic carbocycles. The summed E-state index contributed by atoms with van der Waals surface area (Å²) in [6.45, 7) is 5.87. The molecule has 24 heavy (non-hydrogen) atoms. The third-order valence-corrected chi connectivity index (χ3v) is 4.31. The maximum Gasteiger partial charge on any atom is 0.276 e. The fourth-order valence-electron chi connectivity index (χ4n) is 2.70. The SMILES string of the molecule is CC(C)N(C)c1cccc(NC(=O)c2n[nH]c3c2CNCC3)c1.Cl. The number of carbonyl (C=O) groups excluding carboxylic acids is 1. The molecule has 1 aliphatic rings. The molecular formula is C17H24ClN5O. The molecule has 0 fully saturated rings. The van der Waals surface area contributed by atoms with Gasteiger partial charge in [-0.25, -0.2) is 0 Å². The first-order chi connectivity index (χ1) is 11.1. The fraction of sp³-hybridized carbons (Fsp3) is 0.412. The molecule has 0 aliphatic carbocycles. The van der Waals surface area contributed by atoms with E-state index in [9.17, 15) is 4.79 Å². The molecule has 3 N–H and O–H groups in total. The Morgan fingerprint density at radius 3 is 2.92 bits per heavy atom. The molecule has 0 unspecified atom stereocenters. The van der Waals surface area contributed by atoms with E-state index < -0.39 is 0 Å². The molecule has 6 nitrogen and oxygen atoms in total. The number of hydrogen-bond acceptors (Lipinski definition) is 4. The maximum atomic E-state index is 12.5. The van der Waals surface area contributed by atoms with Crippen LogP contribution in [0.1, 0.15) is 35.6 Å². The summed E-state index contributed by atoms with van der Waals surface area (Å²) in [5, 5.41) is 13.4. The van der Waals surface area contributed by atoms with Crippen molar-refractivity contribution in [2.75, 3.05) is 23.8 Å². The Kier molecular flexibility index (Phi) is 5.85. The van der Waals surface area contributed by atoms with Crippen LogP contribution in [0.5, 0.6) is 0 Å². The number of aromatic amines is 1. The van der Waals surface area contributed by atoms with Crippen LogP contribution in [0.25, 0.3) is 0 Å². The van der Waals surface area contributed by atoms with Crippen molar-refractivity contribution < 1.29 is 4.79 Å². The average molecular weight is 350 g/mol. The second-order valence-corrected chi connectivity index (χ2v) is 6.17. The molecule has 2 aromatic rings. The predicted octanol–water partition coefficient (Wildman–Crippen LogP) is 2.57. The zero-order chi connectivity index (χ0) is 16.4. The van der Waals surface area contributed by atoms with E-state index in [4.69, 9.17) is 0 Å². The number of fused-ring (bicyclic) bond motifs is 1. The monoisotopic (exact) mass is 349 g/mol. The number of rotatable bonds is 4. The topological polar surface area (TPSA) is 73.0 Å². The smallest absolute Gasteiger partial charge is 0.276 e. The van der Waals surface area contributed by atoms with E-state index >= 15 is 0 Å². The lowest BCUT2D eigenvalue weighted by Crippen LogP contribution is -2.26. The highest BCUT2D eigenvalue weighted by Gasteiger charge is 2.21. The van der Waals surface area contributed by atoms with Gasteiger partial charge in [-0.3, -0.25) is 9.89 Å². The van der Waals surface area contributed by atoms with Crippen LogP contribution in [0.3, 0.4) is 0 Å². The largest absolute Gasteiger partial charge is 0.372 e. The van der Waals surface area contributed by atoms with Crippen LogP contribution < -0.4 is 15.5 Å². The Balaban J connectivity index is 0.00000208. The van der Waals surface area contributed by atoms with E-state index in [1.54, 1.807) is 0 Å². The fourth-order valence-corrected chi connectivity index (χ4v) is 2.70. The standard InChI is InChI=1S/C17H23N5O.ClH/c1-11(2)22(3)13-6-4-5-12(9-13)19-17(23)16-14-10-18-8-7-15(14)20-21-16;/h4-6,9,11,18H,7-8,10H2,1-3H3,(H,19,23)(H,20,21);1H. The van der Waals surface area contributed by atoms with Gasteiger partial charge >= 0.3 is 0 Å². The van der Waals surface area contributed by atoms with Crippen molar-refractivity contribution in [2.24, 2.45) is 0 Å². The molecule has 3 rings (SSSR count). The van der Waals surface area contributed by atoms with E-state index in [1.165, 1.54) is 0 Å². The van der Waals surface area contributed by atoms with E-state index in [1.807, 2.05) is 31.3 Å². The van der Waals surface area contributed by atoms with Crippen LogP contribution in [0.4, 0.5) is 11.4 Å². The first kappa shape index (κ1) is 18.3. The highest BCUT2D eigenvalue weighted by atomic mass is 35.5. The second kappa shape index (κ2) is 7.68. The van der Waals surface area contributed by atoms with Gasteiger partial charge in [-0.2, -0.15) is 5.10 Å². The van der Waals surface area contributed by atoms with Crippen LogP contribution in [0.2, 0.25) is 0 Å². The van der Waals surface area contributed by atoms with Gasteiger partial charge < -0.3 is 15.5 Å². The molecule has 0 saturated carbocycles. The van der Waals surface area contributed by atoms with Crippen LogP contribution in [-0.2, 0) is 13.0 Å². The molecule has 130 valence electrons. The van der Waals surface area contributed by atoms with Crippen LogP contribution >= 0.6 is 12.4 Å². The molecule has 0 radical (unpaired) electrons. The Morgan fingerprint density at radius 2 is 2.17 bits per heavy atom. The Bertz CT molecular complexity index is 713. The zero-order valence-electron chi connectivity index (χ0n) is 14.2. The van der Waals surface area contributed by atoms with Crippen LogP contribution in [0.15, 0.2) is 24.3 Å². The summed E-state index contributed by atoms with van der Waals surface area (Å²) in [5.74, 6) is -0.171. The molecule has 1 amide bonds. The number of carbonyl (C=O) groups is 1. The van der Waals surface area contributed by atoms with Gasteiger partial charge in [0.1, 0.15) is 0 Å². The van der Waals surface area contributed by atoms with Gasteiger partial charge in [-0.05, 0) is 32.0 Å². The molecule has 0 saturated heterocycles. The third-order valence-electron chi connectivity index (χ3n) is 4.31. The lowest BCUT2D eigenvalue weighted by atomic mass is 10.1. The molecule has 0 spiro atoms. The van der Waals surface area contributed by atoms with Crippen molar-refractivity contribution in [1.29, 1.82) is 0 Å². The Morgan fingerprint density at radius 1 is 1.38 bits per heavy atom. The minimum atomic E-state index is -0.171. The van der Waals surface area contributed by atoms with Gasteiger partial charge in [0, 0.05) is 55.2 Å². The molecule has 7 heteroatoms. The Hall–Kier alpha value is -2.05. The van der Waals surface area contributed by atoms with Gasteiger partial charge in [0.05, 0.1) is 0 Å². The van der Waals surface area contributed by atoms with Crippen molar-refractivity contribution >= 4 is 29.7 Å². The molecule has 1 aliphatic heterocycles. The van der Waals surface area contributed by atoms with Crippen LogP contribution in [0, 0.1) is 0 Å². The van der Waals surface area contributed by atoms with E-state index in [2.05, 4.69) is 39.6 Å². The number of halogens is 1. The molecule has 0 atom stereocenters. The van der Waals surface area contributed by atoms with Crippen molar-refractivity contribution in [1.82, 2.24) is 15.5 Å². The van der Waals surface area contributed by atoms with Gasteiger partial charge in [-0.1, -0.05) is 6.07 Å². The summed E-state index contributed by atoms with van der Waals surface area (Å²) in [6.07, 6.45) is 0.879. The summed E-state index contributed by atoms with van der Waals surface area (Å²) in [7, 11) is 2.04. The predicted molar refractivity (Wildman–Crippen MR) is 99.2 cm³/mol. The zero-order valence-corrected chi connectivity index (χ0v) is 15.0. The number of benzene rings is 1. The summed E-state index contributed by atoms with van der Waals surface area (Å²) in [6, 6.07) is 8.26. The van der Waals surface area contributed by atoms with E-state index in [0.29, 0.717) is 18.3 Å². The number of aromatic nitrogens is 2.